The Bertz CT molecular complexity index is 657. The molecule has 0 saturated carbocycles. The van der Waals surface area contributed by atoms with E-state index in [2.05, 4.69) is 4.74 Å². The molecule has 1 aromatic carbocycles. The van der Waals surface area contributed by atoms with Gasteiger partial charge in [0.1, 0.15) is 0 Å². The number of methoxy groups -OCH3 is 1. The summed E-state index contributed by atoms with van der Waals surface area (Å²) in [5.41, 5.74) is 0.746. The van der Waals surface area contributed by atoms with Crippen LogP contribution in [0.4, 0.5) is 0 Å². The number of ether oxygens (including phenoxy) is 1. The number of aromatic nitrogens is 2. The van der Waals surface area contributed by atoms with Crippen molar-refractivity contribution in [1.29, 1.82) is 0 Å². The van der Waals surface area contributed by atoms with Crippen molar-refractivity contribution in [1.82, 2.24) is 9.13 Å². The molecule has 2 rings (SSSR count). The maximum Gasteiger partial charge on any atom is 0.339 e. The smallest absolute Gasteiger partial charge is 0.339 e. The van der Waals surface area contributed by atoms with Gasteiger partial charge in [-0.25, -0.2) is 9.59 Å². The first-order chi connectivity index (χ1) is 9.04. The van der Waals surface area contributed by atoms with Crippen LogP contribution in [0.15, 0.2) is 41.5 Å². The molecule has 0 saturated heterocycles. The van der Waals surface area contributed by atoms with Crippen molar-refractivity contribution < 1.29 is 14.6 Å². The first kappa shape index (κ1) is 13.1. The third kappa shape index (κ3) is 2.43. The molecule has 0 aliphatic rings. The zero-order chi connectivity index (χ0) is 14.0. The summed E-state index contributed by atoms with van der Waals surface area (Å²) in [7, 11) is 2.85. The van der Waals surface area contributed by atoms with Crippen molar-refractivity contribution in [2.45, 2.75) is 6.10 Å². The molecular weight excluding hydrogens is 248 g/mol. The minimum atomic E-state index is -1.36. The van der Waals surface area contributed by atoms with Gasteiger partial charge in [0.2, 0.25) is 0 Å². The van der Waals surface area contributed by atoms with E-state index in [1.165, 1.54) is 16.2 Å². The van der Waals surface area contributed by atoms with Crippen molar-refractivity contribution >= 4 is 5.97 Å². The molecule has 0 aliphatic carbocycles. The highest BCUT2D eigenvalue weighted by Crippen LogP contribution is 2.17. The number of nitrogens with zero attached hydrogens (tertiary/aromatic N) is 2. The second-order valence-corrected chi connectivity index (χ2v) is 4.08. The maximum atomic E-state index is 11.8. The van der Waals surface area contributed by atoms with Gasteiger partial charge in [-0.15, -0.1) is 0 Å². The number of benzene rings is 1. The average molecular weight is 262 g/mol. The molecule has 0 aliphatic heterocycles. The van der Waals surface area contributed by atoms with Crippen molar-refractivity contribution in [2.24, 2.45) is 7.05 Å². The molecule has 1 unspecified atom stereocenters. The number of rotatable bonds is 3. The molecule has 0 fully saturated rings. The molecule has 6 nitrogen and oxygen atoms in total. The third-order valence-electron chi connectivity index (χ3n) is 2.84. The van der Waals surface area contributed by atoms with Crippen molar-refractivity contribution in [3.05, 3.63) is 52.7 Å². The van der Waals surface area contributed by atoms with E-state index in [1.54, 1.807) is 43.7 Å². The van der Waals surface area contributed by atoms with Crippen molar-refractivity contribution in [3.63, 3.8) is 0 Å². The minimum absolute atomic E-state index is 0.204. The summed E-state index contributed by atoms with van der Waals surface area (Å²) in [5.74, 6) is -0.738. The summed E-state index contributed by atoms with van der Waals surface area (Å²) in [5, 5.41) is 9.77. The number of carbonyl (C=O) groups excluding carboxylic acids is 1. The highest BCUT2D eigenvalue weighted by atomic mass is 16.5. The lowest BCUT2D eigenvalue weighted by molar-refractivity contribution is -0.150. The van der Waals surface area contributed by atoms with E-state index in [0.717, 1.165) is 0 Å². The van der Waals surface area contributed by atoms with Gasteiger partial charge in [0.25, 0.3) is 0 Å². The van der Waals surface area contributed by atoms with E-state index in [0.29, 0.717) is 11.3 Å². The van der Waals surface area contributed by atoms with Gasteiger partial charge in [-0.05, 0) is 17.7 Å². The summed E-state index contributed by atoms with van der Waals surface area (Å²) < 4.78 is 7.34. The summed E-state index contributed by atoms with van der Waals surface area (Å²) in [4.78, 5) is 23.1. The van der Waals surface area contributed by atoms with Crippen LogP contribution in [-0.4, -0.2) is 27.3 Å². The molecule has 1 heterocycles. The Morgan fingerprint density at radius 1 is 1.37 bits per heavy atom. The van der Waals surface area contributed by atoms with Crippen LogP contribution in [0.1, 0.15) is 11.7 Å². The highest BCUT2D eigenvalue weighted by Gasteiger charge is 2.18. The number of hydrogen-bond acceptors (Lipinski definition) is 4. The Hall–Kier alpha value is -2.34. The van der Waals surface area contributed by atoms with Crippen LogP contribution >= 0.6 is 0 Å². The number of aliphatic hydroxyl groups is 1. The number of imidazole rings is 1. The summed E-state index contributed by atoms with van der Waals surface area (Å²) in [6, 6.07) is 6.55. The third-order valence-corrected chi connectivity index (χ3v) is 2.84. The molecule has 0 radical (unpaired) electrons. The molecule has 6 heteroatoms. The van der Waals surface area contributed by atoms with Crippen LogP contribution in [0.5, 0.6) is 0 Å². The Morgan fingerprint density at radius 2 is 2.11 bits per heavy atom. The average Bonchev–Trinajstić information content (AvgIpc) is 2.77. The molecule has 0 amide bonds. The predicted molar refractivity (Wildman–Crippen MR) is 68.0 cm³/mol. The van der Waals surface area contributed by atoms with Crippen LogP contribution in [-0.2, 0) is 16.6 Å². The fourth-order valence-corrected chi connectivity index (χ4v) is 1.75. The zero-order valence-electron chi connectivity index (χ0n) is 10.6. The molecule has 0 bridgehead atoms. The Morgan fingerprint density at radius 3 is 2.68 bits per heavy atom. The molecule has 2 aromatic rings. The summed E-state index contributed by atoms with van der Waals surface area (Å²) >= 11 is 0. The van der Waals surface area contributed by atoms with Crippen LogP contribution < -0.4 is 5.69 Å². The van der Waals surface area contributed by atoms with Gasteiger partial charge >= 0.3 is 11.7 Å². The fourth-order valence-electron chi connectivity index (χ4n) is 1.75. The number of hydrogen-bond donors (Lipinski definition) is 1. The van der Waals surface area contributed by atoms with E-state index >= 15 is 0 Å². The zero-order valence-corrected chi connectivity index (χ0v) is 10.6. The first-order valence-corrected chi connectivity index (χ1v) is 5.65. The molecule has 1 atom stereocenters. The van der Waals surface area contributed by atoms with Gasteiger partial charge in [-0.2, -0.15) is 0 Å². The van der Waals surface area contributed by atoms with E-state index in [9.17, 15) is 14.7 Å². The Balaban J connectivity index is 2.43. The van der Waals surface area contributed by atoms with Crippen molar-refractivity contribution in [2.75, 3.05) is 7.11 Å². The van der Waals surface area contributed by atoms with Gasteiger partial charge in [-0.3, -0.25) is 4.57 Å². The molecule has 1 N–H and O–H groups in total. The lowest BCUT2D eigenvalue weighted by Gasteiger charge is -2.10. The largest absolute Gasteiger partial charge is 0.467 e. The standard InChI is InChI=1S/C13H14N2O4/c1-14-6-7-15(13(14)18)10-5-3-4-9(8-10)11(16)12(17)19-2/h3-8,11,16H,1-2H3. The fraction of sp³-hybridized carbons (Fsp3) is 0.231. The van der Waals surface area contributed by atoms with Gasteiger partial charge in [-0.1, -0.05) is 12.1 Å². The van der Waals surface area contributed by atoms with E-state index in [1.807, 2.05) is 0 Å². The van der Waals surface area contributed by atoms with Crippen LogP contribution in [0, 0.1) is 0 Å². The molecular formula is C13H14N2O4. The van der Waals surface area contributed by atoms with E-state index < -0.39 is 12.1 Å². The highest BCUT2D eigenvalue weighted by molar-refractivity contribution is 5.76. The molecule has 0 spiro atoms. The molecule has 100 valence electrons. The minimum Gasteiger partial charge on any atom is -0.467 e. The number of carbonyl (C=O) groups is 1. The van der Waals surface area contributed by atoms with Gasteiger partial charge in [0, 0.05) is 19.4 Å². The number of aryl methyl sites for hydroxylation is 1. The molecule has 1 aromatic heterocycles. The van der Waals surface area contributed by atoms with Gasteiger partial charge < -0.3 is 14.4 Å². The quantitative estimate of drug-likeness (QED) is 0.812. The van der Waals surface area contributed by atoms with Gasteiger partial charge in [0.15, 0.2) is 6.10 Å². The van der Waals surface area contributed by atoms with Crippen LogP contribution in [0.3, 0.4) is 0 Å². The molecule has 19 heavy (non-hydrogen) atoms. The van der Waals surface area contributed by atoms with Crippen LogP contribution in [0.2, 0.25) is 0 Å². The predicted octanol–water partition coefficient (Wildman–Crippen LogP) is 0.382. The maximum absolute atomic E-state index is 11.8. The second-order valence-electron chi connectivity index (χ2n) is 4.08. The second kappa shape index (κ2) is 5.11. The van der Waals surface area contributed by atoms with E-state index in [4.69, 9.17) is 0 Å². The van der Waals surface area contributed by atoms with Crippen LogP contribution in [0.25, 0.3) is 5.69 Å². The lowest BCUT2D eigenvalue weighted by atomic mass is 10.1. The summed E-state index contributed by atoms with van der Waals surface area (Å²) in [6.45, 7) is 0. The van der Waals surface area contributed by atoms with E-state index in [-0.39, 0.29) is 5.69 Å². The number of aliphatic hydroxyl groups excluding tert-OH is 1. The normalized spacial score (nSPS) is 12.2. The Kier molecular flexibility index (Phi) is 3.52. The monoisotopic (exact) mass is 262 g/mol. The SMILES string of the molecule is COC(=O)C(O)c1cccc(-n2ccn(C)c2=O)c1. The van der Waals surface area contributed by atoms with Crippen molar-refractivity contribution in [3.8, 4) is 5.69 Å². The number of esters is 1. The lowest BCUT2D eigenvalue weighted by Crippen LogP contribution is -2.21. The first-order valence-electron chi connectivity index (χ1n) is 5.65. The van der Waals surface area contributed by atoms with Gasteiger partial charge in [0.05, 0.1) is 12.8 Å². The topological polar surface area (TPSA) is 73.5 Å². The Labute approximate surface area is 109 Å². The summed E-state index contributed by atoms with van der Waals surface area (Å²) in [6.07, 6.45) is 1.89.